The number of nitrogens with zero attached hydrogens (tertiary/aromatic N) is 2. The van der Waals surface area contributed by atoms with E-state index >= 15 is 0 Å². The minimum Gasteiger partial charge on any atom is -0.361 e. The van der Waals surface area contributed by atoms with Gasteiger partial charge < -0.3 is 15.5 Å². The number of hydrogen-bond acceptors (Lipinski definition) is 3. The maximum absolute atomic E-state index is 14.1. The van der Waals surface area contributed by atoms with E-state index in [0.29, 0.717) is 12.2 Å². The Hall–Kier alpha value is -1.13. The number of hydrogen-bond donors (Lipinski definition) is 1. The van der Waals surface area contributed by atoms with Gasteiger partial charge >= 0.3 is 0 Å². The van der Waals surface area contributed by atoms with Crippen LogP contribution in [-0.4, -0.2) is 43.7 Å². The highest BCUT2D eigenvalue weighted by molar-refractivity contribution is 5.51. The molecule has 0 bridgehead atoms. The topological polar surface area (TPSA) is 32.5 Å². The van der Waals surface area contributed by atoms with Gasteiger partial charge in [-0.25, -0.2) is 4.39 Å². The zero-order valence-electron chi connectivity index (χ0n) is 11.9. The lowest BCUT2D eigenvalue weighted by Gasteiger charge is -2.49. The summed E-state index contributed by atoms with van der Waals surface area (Å²) in [5, 5.41) is 0. The van der Waals surface area contributed by atoms with Crippen molar-refractivity contribution in [3.63, 3.8) is 0 Å². The summed E-state index contributed by atoms with van der Waals surface area (Å²) in [6.07, 6.45) is 2.13. The summed E-state index contributed by atoms with van der Waals surface area (Å²) < 4.78 is 14.1. The molecule has 1 heterocycles. The SMILES string of the molecule is CCN(c1ccccc1F)C1(CN)CCCN(C)C1. The summed E-state index contributed by atoms with van der Waals surface area (Å²) in [5.41, 5.74) is 6.60. The molecule has 0 radical (unpaired) electrons. The molecule has 0 amide bonds. The van der Waals surface area contributed by atoms with Crippen LogP contribution in [0, 0.1) is 5.82 Å². The molecule has 3 nitrogen and oxygen atoms in total. The Kier molecular flexibility index (Phi) is 4.42. The minimum absolute atomic E-state index is 0.149. The molecular weight excluding hydrogens is 241 g/mol. The maximum Gasteiger partial charge on any atom is 0.146 e. The second-order valence-corrected chi connectivity index (χ2v) is 5.47. The molecule has 0 spiro atoms. The Bertz CT molecular complexity index is 424. The van der Waals surface area contributed by atoms with Crippen LogP contribution in [0.4, 0.5) is 10.1 Å². The van der Waals surface area contributed by atoms with E-state index in [0.717, 1.165) is 32.5 Å². The fraction of sp³-hybridized carbons (Fsp3) is 0.600. The van der Waals surface area contributed by atoms with Crippen molar-refractivity contribution in [1.29, 1.82) is 0 Å². The predicted octanol–water partition coefficient (Wildman–Crippen LogP) is 2.08. The summed E-state index contributed by atoms with van der Waals surface area (Å²) >= 11 is 0. The van der Waals surface area contributed by atoms with Crippen molar-refractivity contribution in [2.75, 3.05) is 38.1 Å². The van der Waals surface area contributed by atoms with Crippen LogP contribution >= 0.6 is 0 Å². The first-order valence-electron chi connectivity index (χ1n) is 7.04. The molecule has 1 aliphatic heterocycles. The van der Waals surface area contributed by atoms with Gasteiger partial charge in [-0.15, -0.1) is 0 Å². The van der Waals surface area contributed by atoms with Gasteiger partial charge in [-0.2, -0.15) is 0 Å². The van der Waals surface area contributed by atoms with Crippen LogP contribution in [0.25, 0.3) is 0 Å². The molecule has 1 saturated heterocycles. The monoisotopic (exact) mass is 265 g/mol. The van der Waals surface area contributed by atoms with Crippen LogP contribution in [0.5, 0.6) is 0 Å². The summed E-state index contributed by atoms with van der Waals surface area (Å²) in [7, 11) is 2.11. The molecule has 1 atom stereocenters. The number of benzene rings is 1. The van der Waals surface area contributed by atoms with Gasteiger partial charge in [0.2, 0.25) is 0 Å². The van der Waals surface area contributed by atoms with E-state index in [4.69, 9.17) is 5.73 Å². The molecule has 0 aliphatic carbocycles. The van der Waals surface area contributed by atoms with Gasteiger partial charge in [0.15, 0.2) is 0 Å². The van der Waals surface area contributed by atoms with Gasteiger partial charge in [-0.05, 0) is 45.5 Å². The van der Waals surface area contributed by atoms with Crippen molar-refractivity contribution in [3.05, 3.63) is 30.1 Å². The second-order valence-electron chi connectivity index (χ2n) is 5.47. The summed E-state index contributed by atoms with van der Waals surface area (Å²) in [6, 6.07) is 6.99. The highest BCUT2D eigenvalue weighted by Crippen LogP contribution is 2.32. The molecule has 106 valence electrons. The number of halogens is 1. The van der Waals surface area contributed by atoms with E-state index in [2.05, 4.69) is 23.8 Å². The fourth-order valence-corrected chi connectivity index (χ4v) is 3.27. The molecule has 19 heavy (non-hydrogen) atoms. The normalized spacial score (nSPS) is 24.4. The Labute approximate surface area is 115 Å². The molecule has 0 saturated carbocycles. The lowest BCUT2D eigenvalue weighted by Crippen LogP contribution is -2.62. The number of likely N-dealkylation sites (N-methyl/N-ethyl adjacent to an activating group) is 2. The lowest BCUT2D eigenvalue weighted by atomic mass is 9.86. The first-order chi connectivity index (χ1) is 9.13. The number of nitrogens with two attached hydrogens (primary N) is 1. The van der Waals surface area contributed by atoms with Crippen LogP contribution in [0.2, 0.25) is 0 Å². The Morgan fingerprint density at radius 1 is 1.42 bits per heavy atom. The van der Waals surface area contributed by atoms with E-state index in [1.54, 1.807) is 6.07 Å². The third-order valence-electron chi connectivity index (χ3n) is 4.16. The molecule has 4 heteroatoms. The van der Waals surface area contributed by atoms with Gasteiger partial charge in [-0.3, -0.25) is 0 Å². The number of piperidine rings is 1. The average molecular weight is 265 g/mol. The van der Waals surface area contributed by atoms with Crippen molar-refractivity contribution < 1.29 is 4.39 Å². The number of anilines is 1. The van der Waals surface area contributed by atoms with Crippen molar-refractivity contribution in [2.45, 2.75) is 25.3 Å². The van der Waals surface area contributed by atoms with E-state index < -0.39 is 0 Å². The van der Waals surface area contributed by atoms with E-state index in [1.165, 1.54) is 6.07 Å². The second kappa shape index (κ2) is 5.88. The van der Waals surface area contributed by atoms with Gasteiger partial charge in [0, 0.05) is 19.6 Å². The molecule has 1 aromatic rings. The van der Waals surface area contributed by atoms with E-state index in [-0.39, 0.29) is 11.4 Å². The molecule has 1 unspecified atom stereocenters. The van der Waals surface area contributed by atoms with Crippen molar-refractivity contribution in [1.82, 2.24) is 4.90 Å². The van der Waals surface area contributed by atoms with Crippen molar-refractivity contribution in [3.8, 4) is 0 Å². The van der Waals surface area contributed by atoms with Gasteiger partial charge in [0.1, 0.15) is 5.82 Å². The smallest absolute Gasteiger partial charge is 0.146 e. The number of para-hydroxylation sites is 1. The lowest BCUT2D eigenvalue weighted by molar-refractivity contribution is 0.174. The Balaban J connectivity index is 2.36. The van der Waals surface area contributed by atoms with E-state index in [1.807, 2.05) is 12.1 Å². The molecule has 2 N–H and O–H groups in total. The fourth-order valence-electron chi connectivity index (χ4n) is 3.27. The Morgan fingerprint density at radius 2 is 2.16 bits per heavy atom. The summed E-state index contributed by atoms with van der Waals surface area (Å²) in [6.45, 7) is 5.38. The largest absolute Gasteiger partial charge is 0.361 e. The summed E-state index contributed by atoms with van der Waals surface area (Å²) in [5.74, 6) is -0.162. The molecular formula is C15H24FN3. The third kappa shape index (κ3) is 2.74. The molecule has 0 aromatic heterocycles. The minimum atomic E-state index is -0.162. The molecule has 1 aromatic carbocycles. The van der Waals surface area contributed by atoms with Crippen LogP contribution in [-0.2, 0) is 0 Å². The zero-order chi connectivity index (χ0) is 13.9. The van der Waals surface area contributed by atoms with Crippen LogP contribution in [0.15, 0.2) is 24.3 Å². The number of likely N-dealkylation sites (tertiary alicyclic amines) is 1. The first kappa shape index (κ1) is 14.3. The highest BCUT2D eigenvalue weighted by Gasteiger charge is 2.39. The van der Waals surface area contributed by atoms with Gasteiger partial charge in [-0.1, -0.05) is 12.1 Å². The van der Waals surface area contributed by atoms with Crippen molar-refractivity contribution >= 4 is 5.69 Å². The Morgan fingerprint density at radius 3 is 2.74 bits per heavy atom. The number of rotatable bonds is 4. The third-order valence-corrected chi connectivity index (χ3v) is 4.16. The molecule has 1 fully saturated rings. The first-order valence-corrected chi connectivity index (χ1v) is 7.04. The zero-order valence-corrected chi connectivity index (χ0v) is 11.9. The van der Waals surface area contributed by atoms with E-state index in [9.17, 15) is 4.39 Å². The predicted molar refractivity (Wildman–Crippen MR) is 77.9 cm³/mol. The van der Waals surface area contributed by atoms with Gasteiger partial charge in [0.05, 0.1) is 11.2 Å². The highest BCUT2D eigenvalue weighted by atomic mass is 19.1. The van der Waals surface area contributed by atoms with Gasteiger partial charge in [0.25, 0.3) is 0 Å². The average Bonchev–Trinajstić information content (AvgIpc) is 2.42. The molecule has 2 rings (SSSR count). The summed E-state index contributed by atoms with van der Waals surface area (Å²) in [4.78, 5) is 4.44. The maximum atomic E-state index is 14.1. The van der Waals surface area contributed by atoms with Crippen LogP contribution < -0.4 is 10.6 Å². The standard InChI is InChI=1S/C15H24FN3/c1-3-19(14-8-5-4-7-13(14)16)15(11-17)9-6-10-18(2)12-15/h4-5,7-8H,3,6,9-12,17H2,1-2H3. The quantitative estimate of drug-likeness (QED) is 0.904. The van der Waals surface area contributed by atoms with Crippen molar-refractivity contribution in [2.24, 2.45) is 5.73 Å². The molecule has 1 aliphatic rings. The van der Waals surface area contributed by atoms with Crippen LogP contribution in [0.1, 0.15) is 19.8 Å². The van der Waals surface area contributed by atoms with Crippen LogP contribution in [0.3, 0.4) is 0 Å².